The minimum absolute atomic E-state index is 0.537. The van der Waals surface area contributed by atoms with Gasteiger partial charge in [0.05, 0.1) is 0 Å². The second-order valence-corrected chi connectivity index (χ2v) is 1.96. The van der Waals surface area contributed by atoms with Crippen molar-refractivity contribution in [3.8, 4) is 11.4 Å². The van der Waals surface area contributed by atoms with Gasteiger partial charge in [0.15, 0.2) is 5.82 Å². The molecule has 0 spiro atoms. The molecular weight excluding hydrogens is 130 g/mol. The van der Waals surface area contributed by atoms with Crippen LogP contribution >= 0.6 is 0 Å². The third-order valence-corrected chi connectivity index (χ3v) is 1.32. The molecule has 0 radical (unpaired) electrons. The van der Waals surface area contributed by atoms with Crippen LogP contribution in [0.4, 0.5) is 0 Å². The molecule has 2 heterocycles. The van der Waals surface area contributed by atoms with Gasteiger partial charge >= 0.3 is 0 Å². The van der Waals surface area contributed by atoms with Gasteiger partial charge in [0, 0.05) is 18.0 Å². The Morgan fingerprint density at radius 1 is 1.50 bits per heavy atom. The molecule has 0 saturated heterocycles. The first-order valence-corrected chi connectivity index (χ1v) is 2.84. The first-order valence-electron chi connectivity index (χ1n) is 2.84. The summed E-state index contributed by atoms with van der Waals surface area (Å²) in [5.74, 6) is 0.537. The average molecular weight is 135 g/mol. The number of fused-ring (bicyclic) bond motifs is 1. The Labute approximate surface area is 57.1 Å². The molecule has 0 atom stereocenters. The average Bonchev–Trinajstić information content (AvgIpc) is 2.36. The van der Waals surface area contributed by atoms with Gasteiger partial charge in [-0.05, 0) is 6.07 Å². The lowest BCUT2D eigenvalue weighted by molar-refractivity contribution is 0.183. The fourth-order valence-corrected chi connectivity index (χ4v) is 0.861. The largest absolute Gasteiger partial charge is 0.425 e. The first kappa shape index (κ1) is 5.22. The molecule has 0 unspecified atom stereocenters. The number of hydrogen-bond acceptors (Lipinski definition) is 3. The van der Waals surface area contributed by atoms with E-state index < -0.39 is 0 Å². The molecule has 2 aliphatic heterocycles. The highest BCUT2D eigenvalue weighted by atomic mass is 16.5. The molecule has 4 heteroatoms. The van der Waals surface area contributed by atoms with Gasteiger partial charge in [0.2, 0.25) is 0 Å². The van der Waals surface area contributed by atoms with Crippen molar-refractivity contribution in [2.24, 2.45) is 0 Å². The lowest BCUT2D eigenvalue weighted by atomic mass is 10.3. The lowest BCUT2D eigenvalue weighted by Crippen LogP contribution is -1.98. The smallest absolute Gasteiger partial charge is 0.178 e. The normalized spacial score (nSPS) is 10.4. The second-order valence-electron chi connectivity index (χ2n) is 1.96. The lowest BCUT2D eigenvalue weighted by Gasteiger charge is -1.99. The summed E-state index contributed by atoms with van der Waals surface area (Å²) in [5, 5.41) is 9.05. The zero-order valence-electron chi connectivity index (χ0n) is 5.10. The molecule has 50 valence electrons. The van der Waals surface area contributed by atoms with Crippen LogP contribution in [0.3, 0.4) is 0 Å². The van der Waals surface area contributed by atoms with Crippen molar-refractivity contribution in [1.82, 2.24) is 14.7 Å². The second kappa shape index (κ2) is 1.70. The Bertz CT molecular complexity index is 317. The molecule has 0 fully saturated rings. The summed E-state index contributed by atoms with van der Waals surface area (Å²) in [6.07, 6.45) is 4.57. The van der Waals surface area contributed by atoms with Crippen molar-refractivity contribution in [1.29, 1.82) is 0 Å². The van der Waals surface area contributed by atoms with Crippen molar-refractivity contribution in [2.45, 2.75) is 0 Å². The molecule has 2 rings (SSSR count). The summed E-state index contributed by atoms with van der Waals surface area (Å²) in [4.78, 5) is 7.65. The van der Waals surface area contributed by atoms with Gasteiger partial charge in [-0.3, -0.25) is 0 Å². The van der Waals surface area contributed by atoms with Gasteiger partial charge in [0.25, 0.3) is 0 Å². The van der Waals surface area contributed by atoms with Gasteiger partial charge < -0.3 is 5.21 Å². The summed E-state index contributed by atoms with van der Waals surface area (Å²) >= 11 is 0. The van der Waals surface area contributed by atoms with Crippen LogP contribution in [-0.2, 0) is 0 Å². The zero-order chi connectivity index (χ0) is 6.97. The van der Waals surface area contributed by atoms with Crippen LogP contribution in [0.1, 0.15) is 0 Å². The quantitative estimate of drug-likeness (QED) is 0.539. The van der Waals surface area contributed by atoms with Crippen LogP contribution in [0.25, 0.3) is 11.4 Å². The van der Waals surface area contributed by atoms with Crippen molar-refractivity contribution < 1.29 is 5.21 Å². The Morgan fingerprint density at radius 2 is 2.40 bits per heavy atom. The topological polar surface area (TPSA) is 50.9 Å². The summed E-state index contributed by atoms with van der Waals surface area (Å²) in [5.41, 5.74) is 0.838. The van der Waals surface area contributed by atoms with Crippen molar-refractivity contribution in [3.05, 3.63) is 24.8 Å². The molecular formula is C6H5N3O. The SMILES string of the molecule is On1cncc2ccnc1-2. The van der Waals surface area contributed by atoms with E-state index in [4.69, 9.17) is 5.21 Å². The number of rotatable bonds is 0. The van der Waals surface area contributed by atoms with Crippen LogP contribution in [0.15, 0.2) is 24.8 Å². The predicted octanol–water partition coefficient (Wildman–Crippen LogP) is 0.620. The van der Waals surface area contributed by atoms with Crippen LogP contribution < -0.4 is 0 Å². The van der Waals surface area contributed by atoms with Crippen LogP contribution in [0.5, 0.6) is 0 Å². The molecule has 2 aliphatic rings. The van der Waals surface area contributed by atoms with Crippen molar-refractivity contribution >= 4 is 0 Å². The molecule has 4 nitrogen and oxygen atoms in total. The van der Waals surface area contributed by atoms with Gasteiger partial charge in [-0.2, -0.15) is 4.73 Å². The van der Waals surface area contributed by atoms with Crippen LogP contribution in [0.2, 0.25) is 0 Å². The third-order valence-electron chi connectivity index (χ3n) is 1.32. The molecule has 0 saturated carbocycles. The summed E-state index contributed by atoms with van der Waals surface area (Å²) in [6, 6.07) is 1.79. The molecule has 0 aromatic carbocycles. The van der Waals surface area contributed by atoms with E-state index in [1.807, 2.05) is 0 Å². The molecule has 10 heavy (non-hydrogen) atoms. The highest BCUT2D eigenvalue weighted by Gasteiger charge is 2.05. The highest BCUT2D eigenvalue weighted by Crippen LogP contribution is 2.15. The number of hydrogen-bond donors (Lipinski definition) is 1. The van der Waals surface area contributed by atoms with Gasteiger partial charge in [-0.15, -0.1) is 0 Å². The number of aromatic nitrogens is 3. The van der Waals surface area contributed by atoms with Crippen molar-refractivity contribution in [2.75, 3.05) is 0 Å². The van der Waals surface area contributed by atoms with Gasteiger partial charge in [-0.25, -0.2) is 9.97 Å². The van der Waals surface area contributed by atoms with E-state index in [1.165, 1.54) is 6.33 Å². The van der Waals surface area contributed by atoms with Gasteiger partial charge in [-0.1, -0.05) is 0 Å². The fourth-order valence-electron chi connectivity index (χ4n) is 0.861. The van der Waals surface area contributed by atoms with E-state index in [1.54, 1.807) is 18.5 Å². The van der Waals surface area contributed by atoms with E-state index in [2.05, 4.69) is 9.97 Å². The Kier molecular flexibility index (Phi) is 0.887. The Hall–Kier alpha value is -1.58. The minimum Gasteiger partial charge on any atom is -0.425 e. The number of nitrogens with zero attached hydrogens (tertiary/aromatic N) is 3. The Balaban J connectivity index is 2.80. The maximum atomic E-state index is 9.05. The zero-order valence-corrected chi connectivity index (χ0v) is 5.10. The van der Waals surface area contributed by atoms with Gasteiger partial charge in [0.1, 0.15) is 6.33 Å². The standard InChI is InChI=1S/C6H5N3O/c10-9-4-7-3-5-1-2-8-6(5)9/h1-4,10H. The third kappa shape index (κ3) is 0.556. The monoisotopic (exact) mass is 135 g/mol. The Morgan fingerprint density at radius 3 is 3.20 bits per heavy atom. The fraction of sp³-hybridized carbons (Fsp3) is 0. The van der Waals surface area contributed by atoms with E-state index in [9.17, 15) is 0 Å². The molecule has 0 bridgehead atoms. The van der Waals surface area contributed by atoms with E-state index >= 15 is 0 Å². The predicted molar refractivity (Wildman–Crippen MR) is 33.8 cm³/mol. The van der Waals surface area contributed by atoms with E-state index in [0.29, 0.717) is 5.82 Å². The molecule has 1 N–H and O–H groups in total. The first-order chi connectivity index (χ1) is 4.88. The summed E-state index contributed by atoms with van der Waals surface area (Å²) in [6.45, 7) is 0. The van der Waals surface area contributed by atoms with E-state index in [0.717, 1.165) is 10.3 Å². The van der Waals surface area contributed by atoms with Crippen LogP contribution in [0, 0.1) is 0 Å². The summed E-state index contributed by atoms with van der Waals surface area (Å²) in [7, 11) is 0. The van der Waals surface area contributed by atoms with Crippen LogP contribution in [-0.4, -0.2) is 19.9 Å². The molecule has 0 amide bonds. The molecule has 0 aromatic rings. The maximum Gasteiger partial charge on any atom is 0.178 e. The highest BCUT2D eigenvalue weighted by molar-refractivity contribution is 5.54. The maximum absolute atomic E-state index is 9.05. The molecule has 0 aliphatic carbocycles. The van der Waals surface area contributed by atoms with Crippen molar-refractivity contribution in [3.63, 3.8) is 0 Å². The van der Waals surface area contributed by atoms with E-state index in [-0.39, 0.29) is 0 Å². The minimum atomic E-state index is 0.537. The summed E-state index contributed by atoms with van der Waals surface area (Å²) < 4.78 is 0.898. The molecule has 0 aromatic heterocycles.